The van der Waals surface area contributed by atoms with Gasteiger partial charge in [0, 0.05) is 17.6 Å². The highest BCUT2D eigenvalue weighted by Crippen LogP contribution is 2.22. The molecule has 2 aromatic rings. The standard InChI is InChI=1S/C20H29N5O3S/c1-5-15(4)25(18-10-11-29(27,28)13-18)19(26)12-24-22-20(21-23-24)17-8-6-16(7-9-17)14(2)3/h6-9,14-15,18H,5,10-13H2,1-4H3/t15-,18-/m0/s1. The summed E-state index contributed by atoms with van der Waals surface area (Å²) in [5.41, 5.74) is 2.07. The molecule has 8 nitrogen and oxygen atoms in total. The normalized spacial score (nSPS) is 19.4. The van der Waals surface area contributed by atoms with Crippen LogP contribution in [0.15, 0.2) is 24.3 Å². The van der Waals surface area contributed by atoms with Gasteiger partial charge in [-0.3, -0.25) is 4.79 Å². The molecule has 1 aromatic carbocycles. The second-order valence-corrected chi connectivity index (χ2v) is 10.3. The number of hydrogen-bond donors (Lipinski definition) is 0. The zero-order valence-corrected chi connectivity index (χ0v) is 18.3. The minimum Gasteiger partial charge on any atom is -0.334 e. The Morgan fingerprint density at radius 3 is 2.48 bits per heavy atom. The molecule has 0 aliphatic carbocycles. The summed E-state index contributed by atoms with van der Waals surface area (Å²) in [6.45, 7) is 8.14. The van der Waals surface area contributed by atoms with Gasteiger partial charge in [0.15, 0.2) is 9.84 Å². The van der Waals surface area contributed by atoms with Gasteiger partial charge >= 0.3 is 0 Å². The number of rotatable bonds is 7. The van der Waals surface area contributed by atoms with Gasteiger partial charge in [-0.05, 0) is 36.5 Å². The fourth-order valence-corrected chi connectivity index (χ4v) is 5.36. The van der Waals surface area contributed by atoms with E-state index in [0.29, 0.717) is 18.2 Å². The molecule has 3 rings (SSSR count). The van der Waals surface area contributed by atoms with Crippen LogP contribution < -0.4 is 0 Å². The van der Waals surface area contributed by atoms with Crippen LogP contribution >= 0.6 is 0 Å². The Labute approximate surface area is 172 Å². The Morgan fingerprint density at radius 1 is 1.24 bits per heavy atom. The lowest BCUT2D eigenvalue weighted by Crippen LogP contribution is -2.48. The van der Waals surface area contributed by atoms with Gasteiger partial charge in [-0.2, -0.15) is 4.80 Å². The Balaban J connectivity index is 1.73. The topological polar surface area (TPSA) is 98.1 Å². The molecule has 0 saturated carbocycles. The van der Waals surface area contributed by atoms with E-state index in [-0.39, 0.29) is 36.0 Å². The van der Waals surface area contributed by atoms with Gasteiger partial charge in [0.1, 0.15) is 6.54 Å². The zero-order valence-electron chi connectivity index (χ0n) is 17.4. The molecule has 0 unspecified atom stereocenters. The molecule has 0 bridgehead atoms. The van der Waals surface area contributed by atoms with Crippen molar-refractivity contribution in [3.63, 3.8) is 0 Å². The van der Waals surface area contributed by atoms with Crippen LogP contribution in [0.2, 0.25) is 0 Å². The van der Waals surface area contributed by atoms with Crippen LogP contribution in [0.4, 0.5) is 0 Å². The largest absolute Gasteiger partial charge is 0.334 e. The number of carbonyl (C=O) groups is 1. The summed E-state index contributed by atoms with van der Waals surface area (Å²) >= 11 is 0. The van der Waals surface area contributed by atoms with Crippen molar-refractivity contribution in [2.45, 2.75) is 65.1 Å². The lowest BCUT2D eigenvalue weighted by molar-refractivity contribution is -0.136. The molecular weight excluding hydrogens is 390 g/mol. The van der Waals surface area contributed by atoms with Crippen LogP contribution in [0, 0.1) is 0 Å². The summed E-state index contributed by atoms with van der Waals surface area (Å²) in [4.78, 5) is 16.0. The predicted octanol–water partition coefficient (Wildman–Crippen LogP) is 2.28. The van der Waals surface area contributed by atoms with Crippen molar-refractivity contribution in [1.82, 2.24) is 25.1 Å². The molecule has 9 heteroatoms. The number of tetrazole rings is 1. The molecule has 1 aromatic heterocycles. The quantitative estimate of drug-likeness (QED) is 0.683. The van der Waals surface area contributed by atoms with Crippen molar-refractivity contribution in [3.8, 4) is 11.4 Å². The number of carbonyl (C=O) groups excluding carboxylic acids is 1. The highest BCUT2D eigenvalue weighted by Gasteiger charge is 2.36. The molecule has 29 heavy (non-hydrogen) atoms. The SMILES string of the molecule is CC[C@H](C)N(C(=O)Cn1nnc(-c2ccc(C(C)C)cc2)n1)[C@H]1CCS(=O)(=O)C1. The van der Waals surface area contributed by atoms with Crippen molar-refractivity contribution in [3.05, 3.63) is 29.8 Å². The van der Waals surface area contributed by atoms with Gasteiger partial charge in [-0.1, -0.05) is 45.0 Å². The fourth-order valence-electron chi connectivity index (χ4n) is 3.65. The Kier molecular flexibility index (Phi) is 6.36. The summed E-state index contributed by atoms with van der Waals surface area (Å²) in [5, 5.41) is 12.4. The van der Waals surface area contributed by atoms with E-state index in [2.05, 4.69) is 29.3 Å². The third kappa shape index (κ3) is 5.01. The average Bonchev–Trinajstić information content (AvgIpc) is 3.28. The number of amides is 1. The smallest absolute Gasteiger partial charge is 0.246 e. The molecule has 1 aliphatic rings. The van der Waals surface area contributed by atoms with E-state index in [9.17, 15) is 13.2 Å². The highest BCUT2D eigenvalue weighted by atomic mass is 32.2. The maximum Gasteiger partial charge on any atom is 0.246 e. The van der Waals surface area contributed by atoms with E-state index in [0.717, 1.165) is 12.0 Å². The van der Waals surface area contributed by atoms with Crippen molar-refractivity contribution in [1.29, 1.82) is 0 Å². The number of sulfone groups is 1. The second-order valence-electron chi connectivity index (χ2n) is 8.04. The molecule has 0 spiro atoms. The monoisotopic (exact) mass is 419 g/mol. The molecular formula is C20H29N5O3S. The van der Waals surface area contributed by atoms with Gasteiger partial charge in [-0.15, -0.1) is 10.2 Å². The zero-order chi connectivity index (χ0) is 21.2. The number of benzene rings is 1. The van der Waals surface area contributed by atoms with Gasteiger partial charge < -0.3 is 4.90 Å². The van der Waals surface area contributed by atoms with E-state index < -0.39 is 9.84 Å². The minimum absolute atomic E-state index is 0.0291. The molecule has 0 N–H and O–H groups in total. The van der Waals surface area contributed by atoms with Crippen molar-refractivity contribution in [2.24, 2.45) is 0 Å². The molecule has 2 heterocycles. The summed E-state index contributed by atoms with van der Waals surface area (Å²) < 4.78 is 23.8. The first-order chi connectivity index (χ1) is 13.7. The van der Waals surface area contributed by atoms with E-state index in [1.165, 1.54) is 10.4 Å². The van der Waals surface area contributed by atoms with Crippen LogP contribution in [0.1, 0.15) is 52.0 Å². The summed E-state index contributed by atoms with van der Waals surface area (Å²) in [7, 11) is -3.07. The summed E-state index contributed by atoms with van der Waals surface area (Å²) in [5.74, 6) is 0.889. The molecule has 1 aliphatic heterocycles. The fraction of sp³-hybridized carbons (Fsp3) is 0.600. The maximum atomic E-state index is 13.0. The van der Waals surface area contributed by atoms with E-state index >= 15 is 0 Å². The Bertz CT molecular complexity index is 953. The lowest BCUT2D eigenvalue weighted by Gasteiger charge is -2.33. The van der Waals surface area contributed by atoms with E-state index in [1.54, 1.807) is 4.90 Å². The number of hydrogen-bond acceptors (Lipinski definition) is 6. The molecule has 1 amide bonds. The van der Waals surface area contributed by atoms with Crippen molar-refractivity contribution in [2.75, 3.05) is 11.5 Å². The first-order valence-corrected chi connectivity index (χ1v) is 11.9. The Hall–Kier alpha value is -2.29. The Morgan fingerprint density at radius 2 is 1.93 bits per heavy atom. The van der Waals surface area contributed by atoms with E-state index in [4.69, 9.17) is 0 Å². The van der Waals surface area contributed by atoms with Crippen molar-refractivity contribution < 1.29 is 13.2 Å². The highest BCUT2D eigenvalue weighted by molar-refractivity contribution is 7.91. The average molecular weight is 420 g/mol. The van der Waals surface area contributed by atoms with Crippen LogP contribution in [0.3, 0.4) is 0 Å². The molecule has 158 valence electrons. The second kappa shape index (κ2) is 8.61. The number of nitrogens with zero attached hydrogens (tertiary/aromatic N) is 5. The molecule has 2 atom stereocenters. The predicted molar refractivity (Wildman–Crippen MR) is 111 cm³/mol. The summed E-state index contributed by atoms with van der Waals surface area (Å²) in [6, 6.07) is 7.65. The van der Waals surface area contributed by atoms with Gasteiger partial charge in [0.2, 0.25) is 11.7 Å². The van der Waals surface area contributed by atoms with Gasteiger partial charge in [0.05, 0.1) is 11.5 Å². The third-order valence-corrected chi connectivity index (χ3v) is 7.27. The molecule has 0 radical (unpaired) electrons. The lowest BCUT2D eigenvalue weighted by atomic mass is 10.0. The van der Waals surface area contributed by atoms with Crippen LogP contribution in [0.5, 0.6) is 0 Å². The number of aromatic nitrogens is 4. The van der Waals surface area contributed by atoms with Crippen LogP contribution in [0.25, 0.3) is 11.4 Å². The first kappa shape index (κ1) is 21.4. The maximum absolute atomic E-state index is 13.0. The van der Waals surface area contributed by atoms with Gasteiger partial charge in [-0.25, -0.2) is 8.42 Å². The summed E-state index contributed by atoms with van der Waals surface area (Å²) in [6.07, 6.45) is 1.23. The van der Waals surface area contributed by atoms with E-state index in [1.807, 2.05) is 38.1 Å². The molecule has 1 fully saturated rings. The van der Waals surface area contributed by atoms with Crippen LogP contribution in [-0.2, 0) is 21.2 Å². The molecule has 1 saturated heterocycles. The van der Waals surface area contributed by atoms with Crippen LogP contribution in [-0.4, -0.2) is 63.0 Å². The first-order valence-electron chi connectivity index (χ1n) is 10.1. The van der Waals surface area contributed by atoms with Gasteiger partial charge in [0.25, 0.3) is 0 Å². The third-order valence-electron chi connectivity index (χ3n) is 5.52. The minimum atomic E-state index is -3.07. The van der Waals surface area contributed by atoms with Crippen molar-refractivity contribution >= 4 is 15.7 Å².